The van der Waals surface area contributed by atoms with Gasteiger partial charge in [0.05, 0.1) is 10.7 Å². The van der Waals surface area contributed by atoms with E-state index >= 15 is 0 Å². The van der Waals surface area contributed by atoms with Crippen molar-refractivity contribution in [3.8, 4) is 5.75 Å². The molecule has 3 rings (SSSR count). The molecule has 142 valence electrons. The molecule has 7 nitrogen and oxygen atoms in total. The Morgan fingerprint density at radius 2 is 2.07 bits per heavy atom. The molecule has 10 heteroatoms. The molecule has 1 aliphatic rings. The number of hydrazone groups is 1. The summed E-state index contributed by atoms with van der Waals surface area (Å²) in [5.41, 5.74) is 3.17. The number of amides is 1. The maximum absolute atomic E-state index is 14.0. The molecule has 0 saturated heterocycles. The Bertz CT molecular complexity index is 1090. The smallest absolute Gasteiger partial charge is 0.271 e. The van der Waals surface area contributed by atoms with E-state index in [0.717, 1.165) is 6.07 Å². The Kier molecular flexibility index (Phi) is 4.94. The van der Waals surface area contributed by atoms with Crippen LogP contribution in [-0.2, 0) is 10.0 Å². The maximum atomic E-state index is 14.0. The van der Waals surface area contributed by atoms with Crippen LogP contribution < -0.4 is 10.6 Å². The van der Waals surface area contributed by atoms with Crippen molar-refractivity contribution in [3.63, 3.8) is 0 Å². The van der Waals surface area contributed by atoms with Crippen molar-refractivity contribution >= 4 is 33.2 Å². The Hall–Kier alpha value is -2.49. The number of carbonyl (C=O) groups is 1. The van der Waals surface area contributed by atoms with Gasteiger partial charge >= 0.3 is 0 Å². The van der Waals surface area contributed by atoms with Crippen LogP contribution in [0.1, 0.15) is 40.7 Å². The molecule has 1 aliphatic carbocycles. The number of hydrogen-bond donors (Lipinski definition) is 3. The molecule has 1 amide bonds. The van der Waals surface area contributed by atoms with E-state index in [1.165, 1.54) is 24.3 Å². The van der Waals surface area contributed by atoms with Gasteiger partial charge in [-0.25, -0.2) is 23.4 Å². The summed E-state index contributed by atoms with van der Waals surface area (Å²) in [5.74, 6) is -1.51. The molecule has 0 radical (unpaired) electrons. The van der Waals surface area contributed by atoms with Crippen molar-refractivity contribution < 1.29 is 22.7 Å². The molecule has 0 spiro atoms. The third kappa shape index (κ3) is 3.66. The molecule has 0 aromatic heterocycles. The summed E-state index contributed by atoms with van der Waals surface area (Å²) in [5, 5.41) is 19.0. The summed E-state index contributed by atoms with van der Waals surface area (Å²) >= 11 is 5.79. The second-order valence-electron chi connectivity index (χ2n) is 6.15. The van der Waals surface area contributed by atoms with Crippen LogP contribution in [0.15, 0.2) is 40.3 Å². The van der Waals surface area contributed by atoms with Gasteiger partial charge in [0, 0.05) is 16.7 Å². The first-order valence-corrected chi connectivity index (χ1v) is 9.73. The molecule has 2 aromatic carbocycles. The number of fused-ring (bicyclic) bond motifs is 1. The molecular weight excluding hydrogens is 397 g/mol. The van der Waals surface area contributed by atoms with Gasteiger partial charge in [0.1, 0.15) is 16.5 Å². The van der Waals surface area contributed by atoms with Gasteiger partial charge in [-0.2, -0.15) is 5.10 Å². The Labute approximate surface area is 159 Å². The Balaban J connectivity index is 1.91. The number of nitrogens with zero attached hydrogens (tertiary/aromatic N) is 1. The monoisotopic (exact) mass is 411 g/mol. The minimum absolute atomic E-state index is 0.0255. The second kappa shape index (κ2) is 6.91. The van der Waals surface area contributed by atoms with Crippen LogP contribution in [0.3, 0.4) is 0 Å². The first kappa shape index (κ1) is 19.3. The van der Waals surface area contributed by atoms with Crippen molar-refractivity contribution in [1.82, 2.24) is 5.43 Å². The van der Waals surface area contributed by atoms with E-state index in [1.807, 2.05) is 0 Å². The average molecular weight is 412 g/mol. The lowest BCUT2D eigenvalue weighted by atomic mass is 10.0. The first-order chi connectivity index (χ1) is 12.6. The van der Waals surface area contributed by atoms with Crippen molar-refractivity contribution in [2.45, 2.75) is 24.2 Å². The van der Waals surface area contributed by atoms with Crippen molar-refractivity contribution in [2.24, 2.45) is 10.2 Å². The molecule has 0 heterocycles. The van der Waals surface area contributed by atoms with Gasteiger partial charge in [0.15, 0.2) is 0 Å². The zero-order chi connectivity index (χ0) is 19.9. The standard InChI is InChI=1S/C17H15ClFN3O4S/c1-8-6-12(16-13(23)5-4-11(19)15(8)16)21-22-17(24)9-2-3-10(18)14(7-9)27(20,25)26/h2-5,7-8,23H,6H2,1H3,(H,22,24)(H2,20,25,26)/b21-12+/t8-/m0/s1. The maximum Gasteiger partial charge on any atom is 0.271 e. The fraction of sp³-hybridized carbons (Fsp3) is 0.176. The number of primary sulfonamides is 1. The Morgan fingerprint density at radius 3 is 2.74 bits per heavy atom. The average Bonchev–Trinajstić information content (AvgIpc) is 2.93. The third-order valence-electron chi connectivity index (χ3n) is 4.24. The predicted octanol–water partition coefficient (Wildman–Crippen LogP) is 2.47. The van der Waals surface area contributed by atoms with Gasteiger partial charge in [-0.1, -0.05) is 18.5 Å². The van der Waals surface area contributed by atoms with E-state index in [4.69, 9.17) is 16.7 Å². The number of nitrogens with one attached hydrogen (secondary N) is 1. The van der Waals surface area contributed by atoms with Gasteiger partial charge in [-0.05, 0) is 42.7 Å². The number of rotatable bonds is 3. The van der Waals surface area contributed by atoms with Gasteiger partial charge in [0.25, 0.3) is 5.91 Å². The number of aromatic hydroxyl groups is 1. The van der Waals surface area contributed by atoms with Crippen molar-refractivity contribution in [3.05, 3.63) is 57.9 Å². The number of benzene rings is 2. The van der Waals surface area contributed by atoms with E-state index in [-0.39, 0.29) is 32.7 Å². The number of hydrogen-bond acceptors (Lipinski definition) is 5. The van der Waals surface area contributed by atoms with Crippen LogP contribution in [0.25, 0.3) is 0 Å². The number of phenolic OH excluding ortho intramolecular Hbond substituents is 1. The summed E-state index contributed by atoms with van der Waals surface area (Å²) in [6.45, 7) is 1.78. The zero-order valence-electron chi connectivity index (χ0n) is 14.0. The predicted molar refractivity (Wildman–Crippen MR) is 97.9 cm³/mol. The molecule has 0 unspecified atom stereocenters. The van der Waals surface area contributed by atoms with Crippen LogP contribution >= 0.6 is 11.6 Å². The highest BCUT2D eigenvalue weighted by Crippen LogP contribution is 2.39. The topological polar surface area (TPSA) is 122 Å². The molecule has 0 fully saturated rings. The number of nitrogens with two attached hydrogens (primary N) is 1. The molecule has 27 heavy (non-hydrogen) atoms. The van der Waals surface area contributed by atoms with E-state index in [9.17, 15) is 22.7 Å². The van der Waals surface area contributed by atoms with E-state index < -0.39 is 21.7 Å². The molecule has 0 saturated carbocycles. The highest BCUT2D eigenvalue weighted by atomic mass is 35.5. The quantitative estimate of drug-likeness (QED) is 0.671. The van der Waals surface area contributed by atoms with E-state index in [0.29, 0.717) is 17.7 Å². The first-order valence-electron chi connectivity index (χ1n) is 7.80. The summed E-state index contributed by atoms with van der Waals surface area (Å²) in [7, 11) is -4.10. The lowest BCUT2D eigenvalue weighted by molar-refractivity contribution is 0.0954. The lowest BCUT2D eigenvalue weighted by Gasteiger charge is -2.07. The third-order valence-corrected chi connectivity index (χ3v) is 5.64. The van der Waals surface area contributed by atoms with Crippen molar-refractivity contribution in [1.29, 1.82) is 0 Å². The van der Waals surface area contributed by atoms with Gasteiger partial charge < -0.3 is 5.11 Å². The summed E-state index contributed by atoms with van der Waals surface area (Å²) in [6.07, 6.45) is 0.327. The highest BCUT2D eigenvalue weighted by molar-refractivity contribution is 7.89. The number of sulfonamides is 1. The lowest BCUT2D eigenvalue weighted by Crippen LogP contribution is -2.21. The minimum atomic E-state index is -4.10. The number of carbonyl (C=O) groups excluding carboxylic acids is 1. The van der Waals surface area contributed by atoms with Gasteiger partial charge in [0.2, 0.25) is 10.0 Å². The van der Waals surface area contributed by atoms with Crippen LogP contribution in [0.4, 0.5) is 4.39 Å². The number of phenols is 1. The molecule has 4 N–H and O–H groups in total. The fourth-order valence-electron chi connectivity index (χ4n) is 3.01. The van der Waals surface area contributed by atoms with E-state index in [1.54, 1.807) is 6.92 Å². The highest BCUT2D eigenvalue weighted by Gasteiger charge is 2.30. The SMILES string of the molecule is C[C@H]1C/C(=N\NC(=O)c2ccc(Cl)c(S(N)(=O)=O)c2)c2c(O)ccc(F)c21. The summed E-state index contributed by atoms with van der Waals surface area (Å²) in [4.78, 5) is 11.9. The Morgan fingerprint density at radius 1 is 1.37 bits per heavy atom. The molecular formula is C17H15ClFN3O4S. The van der Waals surface area contributed by atoms with Gasteiger partial charge in [-0.15, -0.1) is 0 Å². The van der Waals surface area contributed by atoms with Gasteiger partial charge in [-0.3, -0.25) is 4.79 Å². The normalized spacial score (nSPS) is 17.8. The van der Waals surface area contributed by atoms with Crippen LogP contribution in [0, 0.1) is 5.82 Å². The van der Waals surface area contributed by atoms with E-state index in [2.05, 4.69) is 10.5 Å². The molecule has 2 aromatic rings. The van der Waals surface area contributed by atoms with Crippen LogP contribution in [-0.4, -0.2) is 25.1 Å². The van der Waals surface area contributed by atoms with Crippen LogP contribution in [0.5, 0.6) is 5.75 Å². The zero-order valence-corrected chi connectivity index (χ0v) is 15.6. The largest absolute Gasteiger partial charge is 0.507 e. The molecule has 0 bridgehead atoms. The number of halogens is 2. The molecule has 1 atom stereocenters. The summed E-state index contributed by atoms with van der Waals surface area (Å²) in [6, 6.07) is 5.98. The second-order valence-corrected chi connectivity index (χ2v) is 8.09. The fourth-order valence-corrected chi connectivity index (χ4v) is 4.08. The minimum Gasteiger partial charge on any atom is -0.507 e. The summed E-state index contributed by atoms with van der Waals surface area (Å²) < 4.78 is 37.0. The van der Waals surface area contributed by atoms with Crippen molar-refractivity contribution in [2.75, 3.05) is 0 Å². The van der Waals surface area contributed by atoms with Crippen LogP contribution in [0.2, 0.25) is 5.02 Å². The molecule has 0 aliphatic heterocycles.